The predicted octanol–water partition coefficient (Wildman–Crippen LogP) is 2.81. The van der Waals surface area contributed by atoms with Crippen molar-refractivity contribution in [1.82, 2.24) is 10.2 Å². The van der Waals surface area contributed by atoms with Crippen molar-refractivity contribution in [3.63, 3.8) is 0 Å². The van der Waals surface area contributed by atoms with Crippen molar-refractivity contribution in [3.05, 3.63) is 0 Å². The van der Waals surface area contributed by atoms with Crippen LogP contribution in [0.15, 0.2) is 0 Å². The molecule has 0 aliphatic carbocycles. The number of rotatable bonds is 6. The number of hydrogen-bond donors (Lipinski definition) is 1. The number of hydrogen-bond acceptors (Lipinski definition) is 3. The van der Waals surface area contributed by atoms with Crippen LogP contribution in [0.3, 0.4) is 0 Å². The third-order valence-corrected chi connectivity index (χ3v) is 4.24. The number of ether oxygens (including phenoxy) is 1. The maximum atomic E-state index is 12.1. The lowest BCUT2D eigenvalue weighted by molar-refractivity contribution is -0.176. The van der Waals surface area contributed by atoms with Gasteiger partial charge in [0.25, 0.3) is 0 Å². The Morgan fingerprint density at radius 3 is 2.30 bits per heavy atom. The molecule has 1 aliphatic rings. The van der Waals surface area contributed by atoms with Crippen LogP contribution in [0.1, 0.15) is 40.5 Å². The first kappa shape index (κ1) is 17.7. The molecule has 1 saturated heterocycles. The summed E-state index contributed by atoms with van der Waals surface area (Å²) in [5.41, 5.74) is 0.00891. The molecule has 1 fully saturated rings. The topological polar surface area (TPSA) is 24.5 Å². The minimum Gasteiger partial charge on any atom is -0.371 e. The molecule has 0 amide bonds. The van der Waals surface area contributed by atoms with Crippen LogP contribution in [-0.4, -0.2) is 55.0 Å². The van der Waals surface area contributed by atoms with Crippen LogP contribution < -0.4 is 5.32 Å². The third kappa shape index (κ3) is 4.90. The lowest BCUT2D eigenvalue weighted by atomic mass is 9.84. The van der Waals surface area contributed by atoms with Gasteiger partial charge in [-0.2, -0.15) is 13.2 Å². The van der Waals surface area contributed by atoms with Crippen molar-refractivity contribution >= 4 is 0 Å². The van der Waals surface area contributed by atoms with Gasteiger partial charge in [0.05, 0.1) is 6.61 Å². The van der Waals surface area contributed by atoms with E-state index in [1.165, 1.54) is 0 Å². The Labute approximate surface area is 119 Å². The molecule has 0 unspecified atom stereocenters. The van der Waals surface area contributed by atoms with Crippen molar-refractivity contribution < 1.29 is 17.9 Å². The van der Waals surface area contributed by atoms with E-state index in [-0.39, 0.29) is 17.7 Å². The lowest BCUT2D eigenvalue weighted by Gasteiger charge is -2.52. The summed E-state index contributed by atoms with van der Waals surface area (Å²) in [6.07, 6.45) is -2.28. The van der Waals surface area contributed by atoms with E-state index in [4.69, 9.17) is 4.74 Å². The van der Waals surface area contributed by atoms with Crippen LogP contribution in [0.4, 0.5) is 13.2 Å². The fourth-order valence-electron chi connectivity index (χ4n) is 2.84. The van der Waals surface area contributed by atoms with Crippen LogP contribution in [0.25, 0.3) is 0 Å². The van der Waals surface area contributed by atoms with E-state index >= 15 is 0 Å². The van der Waals surface area contributed by atoms with Gasteiger partial charge in [-0.1, -0.05) is 13.8 Å². The summed E-state index contributed by atoms with van der Waals surface area (Å²) in [4.78, 5) is 2.29. The van der Waals surface area contributed by atoms with Gasteiger partial charge in [0.2, 0.25) is 0 Å². The monoisotopic (exact) mass is 296 g/mol. The average Bonchev–Trinajstić information content (AvgIpc) is 2.34. The van der Waals surface area contributed by atoms with E-state index in [0.717, 1.165) is 25.9 Å². The summed E-state index contributed by atoms with van der Waals surface area (Å²) in [7, 11) is 0. The van der Waals surface area contributed by atoms with Gasteiger partial charge in [0, 0.05) is 30.7 Å². The summed E-state index contributed by atoms with van der Waals surface area (Å²) in [5, 5.41) is 3.53. The van der Waals surface area contributed by atoms with E-state index in [1.807, 2.05) is 0 Å². The zero-order chi connectivity index (χ0) is 15.4. The van der Waals surface area contributed by atoms with Gasteiger partial charge in [-0.25, -0.2) is 0 Å². The molecule has 0 aromatic rings. The molecule has 120 valence electrons. The number of piperazine rings is 1. The van der Waals surface area contributed by atoms with Gasteiger partial charge in [-0.15, -0.1) is 0 Å². The largest absolute Gasteiger partial charge is 0.411 e. The Morgan fingerprint density at radius 1 is 1.20 bits per heavy atom. The van der Waals surface area contributed by atoms with E-state index in [0.29, 0.717) is 6.54 Å². The van der Waals surface area contributed by atoms with Crippen LogP contribution in [0.2, 0.25) is 0 Å². The molecule has 0 atom stereocenters. The highest BCUT2D eigenvalue weighted by Crippen LogP contribution is 2.29. The third-order valence-electron chi connectivity index (χ3n) is 4.24. The van der Waals surface area contributed by atoms with Gasteiger partial charge in [0.1, 0.15) is 6.61 Å². The standard InChI is InChI=1S/C14H27F3N2O/c1-5-13(6-2)9-18-12(3,4)10-19(13)7-8-20-11-14(15,16)17/h18H,5-11H2,1-4H3. The quantitative estimate of drug-likeness (QED) is 0.763. The van der Waals surface area contributed by atoms with Crippen LogP contribution in [-0.2, 0) is 4.74 Å². The molecule has 0 radical (unpaired) electrons. The number of alkyl halides is 3. The van der Waals surface area contributed by atoms with Crippen molar-refractivity contribution in [2.75, 3.05) is 32.8 Å². The molecule has 6 heteroatoms. The van der Waals surface area contributed by atoms with Crippen LogP contribution in [0.5, 0.6) is 0 Å². The molecule has 3 nitrogen and oxygen atoms in total. The SMILES string of the molecule is CCC1(CC)CNC(C)(C)CN1CCOCC(F)(F)F. The second-order valence-corrected chi connectivity index (χ2v) is 6.26. The molecule has 0 bridgehead atoms. The van der Waals surface area contributed by atoms with Gasteiger partial charge < -0.3 is 10.1 Å². The minimum atomic E-state index is -4.24. The van der Waals surface area contributed by atoms with Gasteiger partial charge >= 0.3 is 6.18 Å². The Kier molecular flexibility index (Phi) is 5.87. The normalized spacial score (nSPS) is 22.9. The summed E-state index contributed by atoms with van der Waals surface area (Å²) < 4.78 is 41.0. The first-order valence-corrected chi connectivity index (χ1v) is 7.29. The highest BCUT2D eigenvalue weighted by molar-refractivity contribution is 5.01. The van der Waals surface area contributed by atoms with E-state index in [9.17, 15) is 13.2 Å². The summed E-state index contributed by atoms with van der Waals surface area (Å²) >= 11 is 0. The maximum Gasteiger partial charge on any atom is 0.411 e. The molecule has 0 saturated carbocycles. The predicted molar refractivity (Wildman–Crippen MR) is 73.8 cm³/mol. The Balaban J connectivity index is 2.57. The summed E-state index contributed by atoms with van der Waals surface area (Å²) in [6.45, 7) is 9.70. The zero-order valence-electron chi connectivity index (χ0n) is 12.9. The molecule has 1 heterocycles. The maximum absolute atomic E-state index is 12.1. The average molecular weight is 296 g/mol. The fraction of sp³-hybridized carbons (Fsp3) is 1.00. The second kappa shape index (κ2) is 6.62. The van der Waals surface area contributed by atoms with E-state index < -0.39 is 12.8 Å². The van der Waals surface area contributed by atoms with Crippen LogP contribution in [0, 0.1) is 0 Å². The van der Waals surface area contributed by atoms with Crippen molar-refractivity contribution in [1.29, 1.82) is 0 Å². The molecule has 0 aromatic heterocycles. The lowest BCUT2D eigenvalue weighted by Crippen LogP contribution is -2.68. The fourth-order valence-corrected chi connectivity index (χ4v) is 2.84. The number of nitrogens with zero attached hydrogens (tertiary/aromatic N) is 1. The summed E-state index contributed by atoms with van der Waals surface area (Å²) in [6, 6.07) is 0. The summed E-state index contributed by atoms with van der Waals surface area (Å²) in [5.74, 6) is 0. The van der Waals surface area contributed by atoms with E-state index in [2.05, 4.69) is 37.9 Å². The second-order valence-electron chi connectivity index (χ2n) is 6.26. The Bertz CT molecular complexity index is 301. The van der Waals surface area contributed by atoms with E-state index in [1.54, 1.807) is 0 Å². The van der Waals surface area contributed by atoms with Crippen molar-refractivity contribution in [3.8, 4) is 0 Å². The first-order valence-electron chi connectivity index (χ1n) is 7.29. The van der Waals surface area contributed by atoms with Gasteiger partial charge in [-0.05, 0) is 26.7 Å². The molecule has 0 aromatic carbocycles. The van der Waals surface area contributed by atoms with Crippen molar-refractivity contribution in [2.45, 2.75) is 57.8 Å². The molecular formula is C14H27F3N2O. The molecule has 0 spiro atoms. The Morgan fingerprint density at radius 2 is 1.80 bits per heavy atom. The zero-order valence-corrected chi connectivity index (χ0v) is 12.9. The first-order chi connectivity index (χ1) is 9.14. The Hall–Kier alpha value is -0.330. The molecule has 1 aliphatic heterocycles. The van der Waals surface area contributed by atoms with Crippen LogP contribution >= 0.6 is 0 Å². The molecular weight excluding hydrogens is 269 g/mol. The van der Waals surface area contributed by atoms with Crippen molar-refractivity contribution in [2.24, 2.45) is 0 Å². The number of halogens is 3. The number of nitrogens with one attached hydrogen (secondary N) is 1. The highest BCUT2D eigenvalue weighted by Gasteiger charge is 2.41. The van der Waals surface area contributed by atoms with Gasteiger partial charge in [0.15, 0.2) is 0 Å². The van der Waals surface area contributed by atoms with Gasteiger partial charge in [-0.3, -0.25) is 4.90 Å². The molecule has 1 rings (SSSR count). The molecule has 1 N–H and O–H groups in total. The highest BCUT2D eigenvalue weighted by atomic mass is 19.4. The smallest absolute Gasteiger partial charge is 0.371 e. The minimum absolute atomic E-state index is 0.0160. The molecule has 20 heavy (non-hydrogen) atoms.